The first kappa shape index (κ1) is 12.6. The minimum Gasteiger partial charge on any atom is -0.396 e. The molecule has 1 aromatic rings. The van der Waals surface area contributed by atoms with Gasteiger partial charge in [0.05, 0.1) is 5.25 Å². The summed E-state index contributed by atoms with van der Waals surface area (Å²) in [7, 11) is -3.06. The third kappa shape index (κ3) is 2.38. The molecule has 1 aliphatic rings. The molecule has 0 spiro atoms. The van der Waals surface area contributed by atoms with Crippen LogP contribution in [0.15, 0.2) is 24.3 Å². The van der Waals surface area contributed by atoms with Crippen molar-refractivity contribution in [3.8, 4) is 0 Å². The number of rotatable bonds is 4. The summed E-state index contributed by atoms with van der Waals surface area (Å²) in [5.74, 6) is -0.154. The van der Waals surface area contributed by atoms with Crippen molar-refractivity contribution in [1.82, 2.24) is 0 Å². The van der Waals surface area contributed by atoms with Gasteiger partial charge >= 0.3 is 0 Å². The highest BCUT2D eigenvalue weighted by Crippen LogP contribution is 2.51. The molecule has 2 rings (SSSR count). The van der Waals surface area contributed by atoms with Crippen molar-refractivity contribution in [2.24, 2.45) is 5.92 Å². The van der Waals surface area contributed by atoms with E-state index in [1.165, 1.54) is 11.8 Å². The SMILES string of the molecule is CCc1ccc([C@@H]2[C@@H](CO)[C@H]2S(C)(=O)=O)cc1. The number of aliphatic hydroxyl groups is 1. The van der Waals surface area contributed by atoms with Gasteiger partial charge in [0.2, 0.25) is 0 Å². The molecule has 0 heterocycles. The number of hydrogen-bond donors (Lipinski definition) is 1. The molecule has 17 heavy (non-hydrogen) atoms. The maximum Gasteiger partial charge on any atom is 0.151 e. The fraction of sp³-hybridized carbons (Fsp3) is 0.538. The van der Waals surface area contributed by atoms with E-state index in [1.54, 1.807) is 0 Å². The standard InChI is InChI=1S/C13H18O3S/c1-3-9-4-6-10(7-5-9)12-11(8-14)13(12)17(2,15)16/h4-7,11-14H,3,8H2,1-2H3/t11-,12-,13-/m1/s1. The minimum atomic E-state index is -3.06. The summed E-state index contributed by atoms with van der Waals surface area (Å²) < 4.78 is 23.1. The van der Waals surface area contributed by atoms with Crippen LogP contribution in [0.2, 0.25) is 0 Å². The van der Waals surface area contributed by atoms with Gasteiger partial charge in [0, 0.05) is 24.7 Å². The number of aliphatic hydroxyl groups excluding tert-OH is 1. The molecule has 3 nitrogen and oxygen atoms in total. The molecule has 0 bridgehead atoms. The first-order valence-electron chi connectivity index (χ1n) is 5.87. The van der Waals surface area contributed by atoms with Crippen molar-refractivity contribution in [2.45, 2.75) is 24.5 Å². The Balaban J connectivity index is 2.23. The van der Waals surface area contributed by atoms with Crippen LogP contribution in [0, 0.1) is 5.92 Å². The van der Waals surface area contributed by atoms with Gasteiger partial charge in [-0.25, -0.2) is 8.42 Å². The lowest BCUT2D eigenvalue weighted by Crippen LogP contribution is -2.08. The fourth-order valence-corrected chi connectivity index (χ4v) is 4.25. The third-order valence-electron chi connectivity index (χ3n) is 3.57. The van der Waals surface area contributed by atoms with Crippen LogP contribution in [0.3, 0.4) is 0 Å². The lowest BCUT2D eigenvalue weighted by atomic mass is 10.1. The Hall–Kier alpha value is -0.870. The van der Waals surface area contributed by atoms with Crippen molar-refractivity contribution < 1.29 is 13.5 Å². The molecule has 1 N–H and O–H groups in total. The van der Waals surface area contributed by atoms with Gasteiger partial charge in [-0.1, -0.05) is 31.2 Å². The Labute approximate surface area is 102 Å². The van der Waals surface area contributed by atoms with E-state index < -0.39 is 15.1 Å². The summed E-state index contributed by atoms with van der Waals surface area (Å²) in [5.41, 5.74) is 2.27. The van der Waals surface area contributed by atoms with Crippen LogP contribution < -0.4 is 0 Å². The summed E-state index contributed by atoms with van der Waals surface area (Å²) in [5, 5.41) is 8.81. The lowest BCUT2D eigenvalue weighted by Gasteiger charge is -2.01. The number of aryl methyl sites for hydroxylation is 1. The van der Waals surface area contributed by atoms with Gasteiger partial charge in [0.25, 0.3) is 0 Å². The van der Waals surface area contributed by atoms with Crippen LogP contribution in [0.4, 0.5) is 0 Å². The Bertz CT molecular complexity index is 490. The average molecular weight is 254 g/mol. The van der Waals surface area contributed by atoms with E-state index in [2.05, 4.69) is 6.92 Å². The van der Waals surface area contributed by atoms with Gasteiger partial charge in [0.1, 0.15) is 0 Å². The maximum absolute atomic E-state index is 11.6. The maximum atomic E-state index is 11.6. The monoisotopic (exact) mass is 254 g/mol. The van der Waals surface area contributed by atoms with E-state index in [0.717, 1.165) is 12.0 Å². The normalized spacial score (nSPS) is 28.1. The van der Waals surface area contributed by atoms with Gasteiger partial charge < -0.3 is 5.11 Å². The minimum absolute atomic E-state index is 0.0269. The zero-order chi connectivity index (χ0) is 12.6. The van der Waals surface area contributed by atoms with Gasteiger partial charge in [-0.2, -0.15) is 0 Å². The second-order valence-corrected chi connectivity index (χ2v) is 6.96. The predicted molar refractivity (Wildman–Crippen MR) is 67.8 cm³/mol. The second-order valence-electron chi connectivity index (χ2n) is 4.76. The molecule has 1 saturated carbocycles. The van der Waals surface area contributed by atoms with Gasteiger partial charge in [-0.3, -0.25) is 0 Å². The first-order chi connectivity index (χ1) is 7.99. The number of sulfone groups is 1. The molecular weight excluding hydrogens is 236 g/mol. The van der Waals surface area contributed by atoms with Crippen molar-refractivity contribution in [3.63, 3.8) is 0 Å². The molecule has 3 atom stereocenters. The molecule has 1 fully saturated rings. The topological polar surface area (TPSA) is 54.4 Å². The zero-order valence-electron chi connectivity index (χ0n) is 10.1. The molecular formula is C13H18O3S. The third-order valence-corrected chi connectivity index (χ3v) is 5.21. The number of hydrogen-bond acceptors (Lipinski definition) is 3. The van der Waals surface area contributed by atoms with Crippen LogP contribution in [0.1, 0.15) is 24.0 Å². The van der Waals surface area contributed by atoms with Gasteiger partial charge in [-0.05, 0) is 17.5 Å². The summed E-state index contributed by atoms with van der Waals surface area (Å²) in [6, 6.07) is 8.03. The molecule has 0 saturated heterocycles. The number of benzene rings is 1. The highest BCUT2D eigenvalue weighted by atomic mass is 32.2. The van der Waals surface area contributed by atoms with Crippen molar-refractivity contribution >= 4 is 9.84 Å². The van der Waals surface area contributed by atoms with Crippen LogP contribution in [0.5, 0.6) is 0 Å². The van der Waals surface area contributed by atoms with Crippen LogP contribution in [0.25, 0.3) is 0 Å². The molecule has 4 heteroatoms. The molecule has 94 valence electrons. The van der Waals surface area contributed by atoms with E-state index in [9.17, 15) is 13.5 Å². The van der Waals surface area contributed by atoms with E-state index in [4.69, 9.17) is 0 Å². The lowest BCUT2D eigenvalue weighted by molar-refractivity contribution is 0.274. The summed E-state index contributed by atoms with van der Waals surface area (Å²) in [6.45, 7) is 2.03. The molecule has 0 unspecified atom stereocenters. The average Bonchev–Trinajstić information content (AvgIpc) is 3.03. The molecule has 0 aromatic heterocycles. The summed E-state index contributed by atoms with van der Waals surface area (Å²) >= 11 is 0. The van der Waals surface area contributed by atoms with E-state index >= 15 is 0 Å². The Morgan fingerprint density at radius 2 is 1.82 bits per heavy atom. The van der Waals surface area contributed by atoms with Crippen molar-refractivity contribution in [3.05, 3.63) is 35.4 Å². The van der Waals surface area contributed by atoms with E-state index in [1.807, 2.05) is 24.3 Å². The highest BCUT2D eigenvalue weighted by molar-refractivity contribution is 7.91. The van der Waals surface area contributed by atoms with Crippen LogP contribution >= 0.6 is 0 Å². The quantitative estimate of drug-likeness (QED) is 0.883. The molecule has 0 amide bonds. The van der Waals surface area contributed by atoms with Gasteiger partial charge in [-0.15, -0.1) is 0 Å². The Morgan fingerprint density at radius 1 is 1.24 bits per heavy atom. The molecule has 0 radical (unpaired) electrons. The smallest absolute Gasteiger partial charge is 0.151 e. The highest BCUT2D eigenvalue weighted by Gasteiger charge is 2.56. The largest absolute Gasteiger partial charge is 0.396 e. The van der Waals surface area contributed by atoms with Crippen molar-refractivity contribution in [2.75, 3.05) is 12.9 Å². The van der Waals surface area contributed by atoms with E-state index in [0.29, 0.717) is 0 Å². The molecule has 1 aliphatic carbocycles. The summed E-state index contributed by atoms with van der Waals surface area (Å²) in [6.07, 6.45) is 2.23. The van der Waals surface area contributed by atoms with Gasteiger partial charge in [0.15, 0.2) is 9.84 Å². The fourth-order valence-electron chi connectivity index (χ4n) is 2.56. The second kappa shape index (κ2) is 4.42. The Kier molecular flexibility index (Phi) is 3.27. The van der Waals surface area contributed by atoms with Crippen LogP contribution in [-0.2, 0) is 16.3 Å². The molecule has 0 aliphatic heterocycles. The van der Waals surface area contributed by atoms with Crippen LogP contribution in [-0.4, -0.2) is 31.6 Å². The zero-order valence-corrected chi connectivity index (χ0v) is 10.9. The predicted octanol–water partition coefficient (Wildman–Crippen LogP) is 1.37. The summed E-state index contributed by atoms with van der Waals surface area (Å²) in [4.78, 5) is 0. The first-order valence-corrected chi connectivity index (χ1v) is 7.83. The van der Waals surface area contributed by atoms with E-state index in [-0.39, 0.29) is 18.4 Å². The molecule has 1 aromatic carbocycles. The Morgan fingerprint density at radius 3 is 2.18 bits per heavy atom. The van der Waals surface area contributed by atoms with Crippen molar-refractivity contribution in [1.29, 1.82) is 0 Å².